The van der Waals surface area contributed by atoms with Crippen LogP contribution in [0.5, 0.6) is 0 Å². The van der Waals surface area contributed by atoms with E-state index >= 15 is 0 Å². The van der Waals surface area contributed by atoms with Gasteiger partial charge in [-0.3, -0.25) is 0 Å². The van der Waals surface area contributed by atoms with E-state index in [0.29, 0.717) is 0 Å². The summed E-state index contributed by atoms with van der Waals surface area (Å²) in [5.74, 6) is 0. The Balaban J connectivity index is 2.20. The standard InChI is InChI=1S/C12H14BF3N/c1-9(13(14,15)16)8-17-10(2)7-11-5-3-4-6-12(11)17/h3-6,10H,1,7-8H2,2H3/q-1. The molecule has 0 bridgehead atoms. The van der Waals surface area contributed by atoms with Crippen LogP contribution in [0.1, 0.15) is 12.5 Å². The van der Waals surface area contributed by atoms with Crippen LogP contribution in [0.15, 0.2) is 36.3 Å². The van der Waals surface area contributed by atoms with Gasteiger partial charge in [-0.2, -0.15) is 0 Å². The van der Waals surface area contributed by atoms with Crippen molar-refractivity contribution in [3.8, 4) is 0 Å². The lowest BCUT2D eigenvalue weighted by molar-refractivity contribution is 0.486. The van der Waals surface area contributed by atoms with Gasteiger partial charge in [-0.15, -0.1) is 12.1 Å². The molecule has 0 saturated heterocycles. The van der Waals surface area contributed by atoms with Crippen molar-refractivity contribution in [2.24, 2.45) is 0 Å². The Labute approximate surface area is 99.0 Å². The van der Waals surface area contributed by atoms with E-state index in [1.54, 1.807) is 4.90 Å². The third-order valence-electron chi connectivity index (χ3n) is 3.18. The minimum absolute atomic E-state index is 0.0994. The number of para-hydroxylation sites is 1. The average molecular weight is 240 g/mol. The van der Waals surface area contributed by atoms with Gasteiger partial charge >= 0.3 is 6.98 Å². The van der Waals surface area contributed by atoms with Gasteiger partial charge in [0.1, 0.15) is 0 Å². The Morgan fingerprint density at radius 2 is 2.06 bits per heavy atom. The summed E-state index contributed by atoms with van der Waals surface area (Å²) < 4.78 is 37.6. The van der Waals surface area contributed by atoms with Crippen LogP contribution in [0.4, 0.5) is 18.6 Å². The monoisotopic (exact) mass is 240 g/mol. The molecular formula is C12H14BF3N-. The molecule has 0 saturated carbocycles. The summed E-state index contributed by atoms with van der Waals surface area (Å²) in [4.78, 5) is 1.78. The molecule has 5 heteroatoms. The molecule has 1 aliphatic heterocycles. The summed E-state index contributed by atoms with van der Waals surface area (Å²) >= 11 is 0. The van der Waals surface area contributed by atoms with Crippen molar-refractivity contribution in [3.63, 3.8) is 0 Å². The fraction of sp³-hybridized carbons (Fsp3) is 0.333. The van der Waals surface area contributed by atoms with Crippen LogP contribution in [-0.2, 0) is 6.42 Å². The highest BCUT2D eigenvalue weighted by Crippen LogP contribution is 2.33. The van der Waals surface area contributed by atoms with Crippen molar-refractivity contribution >= 4 is 12.7 Å². The van der Waals surface area contributed by atoms with Crippen LogP contribution in [0, 0.1) is 0 Å². The molecule has 0 aliphatic carbocycles. The minimum Gasteiger partial charge on any atom is -0.445 e. The first kappa shape index (κ1) is 12.1. The van der Waals surface area contributed by atoms with E-state index in [2.05, 4.69) is 6.58 Å². The second-order valence-corrected chi connectivity index (χ2v) is 4.54. The fourth-order valence-corrected chi connectivity index (χ4v) is 2.19. The molecule has 0 amide bonds. The van der Waals surface area contributed by atoms with Crippen molar-refractivity contribution in [2.45, 2.75) is 19.4 Å². The van der Waals surface area contributed by atoms with Crippen LogP contribution < -0.4 is 4.90 Å². The molecule has 1 aliphatic rings. The normalized spacial score (nSPS) is 19.3. The quantitative estimate of drug-likeness (QED) is 0.732. The zero-order chi connectivity index (χ0) is 12.6. The molecule has 1 aromatic carbocycles. The summed E-state index contributed by atoms with van der Waals surface area (Å²) in [6.07, 6.45) is 0.800. The molecule has 17 heavy (non-hydrogen) atoms. The zero-order valence-electron chi connectivity index (χ0n) is 9.67. The van der Waals surface area contributed by atoms with E-state index in [1.165, 1.54) is 0 Å². The maximum absolute atomic E-state index is 12.5. The van der Waals surface area contributed by atoms with Gasteiger partial charge in [0.15, 0.2) is 0 Å². The fourth-order valence-electron chi connectivity index (χ4n) is 2.19. The molecule has 1 unspecified atom stereocenters. The SMILES string of the molecule is C=C(CN1c2ccccc2CC1C)[B-](F)(F)F. The predicted octanol–water partition coefficient (Wildman–Crippen LogP) is 3.38. The van der Waals surface area contributed by atoms with Crippen molar-refractivity contribution < 1.29 is 12.9 Å². The van der Waals surface area contributed by atoms with Crippen LogP contribution in [0.25, 0.3) is 0 Å². The molecular weight excluding hydrogens is 226 g/mol. The molecule has 0 spiro atoms. The Morgan fingerprint density at radius 3 is 2.71 bits per heavy atom. The highest BCUT2D eigenvalue weighted by Gasteiger charge is 2.32. The summed E-state index contributed by atoms with van der Waals surface area (Å²) in [7, 11) is 0. The lowest BCUT2D eigenvalue weighted by Gasteiger charge is -2.29. The van der Waals surface area contributed by atoms with Gasteiger partial charge in [0, 0.05) is 18.3 Å². The lowest BCUT2D eigenvalue weighted by Crippen LogP contribution is -2.36. The van der Waals surface area contributed by atoms with E-state index < -0.39 is 12.4 Å². The number of nitrogens with zero attached hydrogens (tertiary/aromatic N) is 1. The summed E-state index contributed by atoms with van der Waals surface area (Å²) in [6, 6.07) is 7.70. The predicted molar refractivity (Wildman–Crippen MR) is 65.2 cm³/mol. The van der Waals surface area contributed by atoms with Crippen LogP contribution in [0.2, 0.25) is 0 Å². The summed E-state index contributed by atoms with van der Waals surface area (Å²) in [6.45, 7) is 0.0344. The van der Waals surface area contributed by atoms with Gasteiger partial charge in [0.05, 0.1) is 0 Å². The van der Waals surface area contributed by atoms with Crippen molar-refractivity contribution in [3.05, 3.63) is 41.9 Å². The number of rotatable bonds is 3. The first-order chi connectivity index (χ1) is 7.89. The number of fused-ring (bicyclic) bond motifs is 1. The molecule has 92 valence electrons. The minimum atomic E-state index is -4.94. The van der Waals surface area contributed by atoms with E-state index in [-0.39, 0.29) is 12.6 Å². The number of hydrogen-bond donors (Lipinski definition) is 0. The molecule has 0 N–H and O–H groups in total. The average Bonchev–Trinajstić information content (AvgIpc) is 2.54. The van der Waals surface area contributed by atoms with Crippen molar-refractivity contribution in [1.82, 2.24) is 0 Å². The topological polar surface area (TPSA) is 3.24 Å². The third kappa shape index (κ3) is 2.33. The van der Waals surface area contributed by atoms with E-state index in [1.807, 2.05) is 31.2 Å². The lowest BCUT2D eigenvalue weighted by atomic mass is 9.80. The van der Waals surface area contributed by atoms with E-state index in [0.717, 1.165) is 17.7 Å². The smallest absolute Gasteiger partial charge is 0.445 e. The number of hydrogen-bond acceptors (Lipinski definition) is 1. The van der Waals surface area contributed by atoms with Crippen molar-refractivity contribution in [1.29, 1.82) is 0 Å². The molecule has 1 aromatic rings. The highest BCUT2D eigenvalue weighted by molar-refractivity contribution is 6.66. The van der Waals surface area contributed by atoms with E-state index in [9.17, 15) is 12.9 Å². The highest BCUT2D eigenvalue weighted by atomic mass is 19.4. The number of anilines is 1. The van der Waals surface area contributed by atoms with Crippen molar-refractivity contribution in [2.75, 3.05) is 11.4 Å². The molecule has 0 aromatic heterocycles. The summed E-state index contributed by atoms with van der Waals surface area (Å²) in [5.41, 5.74) is 1.39. The molecule has 1 heterocycles. The Hall–Kier alpha value is -1.39. The van der Waals surface area contributed by atoms with Gasteiger partial charge in [0.25, 0.3) is 0 Å². The third-order valence-corrected chi connectivity index (χ3v) is 3.18. The van der Waals surface area contributed by atoms with Gasteiger partial charge in [-0.1, -0.05) is 18.2 Å². The van der Waals surface area contributed by atoms with Crippen LogP contribution >= 0.6 is 0 Å². The molecule has 1 nitrogen and oxygen atoms in total. The molecule has 1 atom stereocenters. The summed E-state index contributed by atoms with van der Waals surface area (Å²) in [5, 5.41) is 0. The van der Waals surface area contributed by atoms with Gasteiger partial charge in [-0.05, 0) is 25.0 Å². The largest absolute Gasteiger partial charge is 0.506 e. The second kappa shape index (κ2) is 4.13. The maximum Gasteiger partial charge on any atom is 0.506 e. The Morgan fingerprint density at radius 1 is 1.41 bits per heavy atom. The number of benzene rings is 1. The molecule has 2 rings (SSSR count). The van der Waals surface area contributed by atoms with Gasteiger partial charge in [0.2, 0.25) is 0 Å². The number of halogens is 3. The van der Waals surface area contributed by atoms with Gasteiger partial charge in [-0.25, -0.2) is 0 Å². The van der Waals surface area contributed by atoms with Gasteiger partial charge < -0.3 is 17.8 Å². The first-order valence-corrected chi connectivity index (χ1v) is 5.61. The zero-order valence-corrected chi connectivity index (χ0v) is 9.67. The van der Waals surface area contributed by atoms with Crippen LogP contribution in [0.3, 0.4) is 0 Å². The molecule has 0 radical (unpaired) electrons. The van der Waals surface area contributed by atoms with E-state index in [4.69, 9.17) is 0 Å². The molecule has 0 fully saturated rings. The Kier molecular flexibility index (Phi) is 2.93. The Bertz CT molecular complexity index is 442. The second-order valence-electron chi connectivity index (χ2n) is 4.54. The van der Waals surface area contributed by atoms with Crippen LogP contribution in [-0.4, -0.2) is 19.6 Å². The first-order valence-electron chi connectivity index (χ1n) is 5.61. The maximum atomic E-state index is 12.5.